The molecule has 1 aliphatic heterocycles. The van der Waals surface area contributed by atoms with Gasteiger partial charge in [-0.3, -0.25) is 9.78 Å². The van der Waals surface area contributed by atoms with Gasteiger partial charge in [-0.1, -0.05) is 29.8 Å². The van der Waals surface area contributed by atoms with Gasteiger partial charge < -0.3 is 9.64 Å². The molecule has 0 radical (unpaired) electrons. The van der Waals surface area contributed by atoms with Crippen molar-refractivity contribution >= 4 is 34.5 Å². The number of nitrogens with zero attached hydrogens (tertiary/aromatic N) is 3. The number of pyridine rings is 1. The lowest BCUT2D eigenvalue weighted by Crippen LogP contribution is -2.44. The molecule has 0 fully saturated rings. The minimum absolute atomic E-state index is 0.0768. The number of thiazole rings is 1. The van der Waals surface area contributed by atoms with E-state index in [2.05, 4.69) is 4.98 Å². The molecule has 5 rings (SSSR count). The molecular formula is C24H18ClN3O2S. The molecule has 5 nitrogen and oxygen atoms in total. The zero-order valence-corrected chi connectivity index (χ0v) is 18.2. The Morgan fingerprint density at radius 1 is 1.10 bits per heavy atom. The third kappa shape index (κ3) is 3.92. The fourth-order valence-electron chi connectivity index (χ4n) is 3.52. The number of hydrogen-bond acceptors (Lipinski definition) is 5. The first-order chi connectivity index (χ1) is 15.1. The molecule has 0 saturated heterocycles. The molecule has 1 unspecified atom stereocenters. The number of fused-ring (bicyclic) bond motifs is 1. The molecule has 0 bridgehead atoms. The Bertz CT molecular complexity index is 1240. The first-order valence-corrected chi connectivity index (χ1v) is 11.1. The van der Waals surface area contributed by atoms with E-state index in [9.17, 15) is 4.79 Å². The maximum atomic E-state index is 12.9. The Morgan fingerprint density at radius 2 is 1.94 bits per heavy atom. The second kappa shape index (κ2) is 8.13. The van der Waals surface area contributed by atoms with Gasteiger partial charge in [0.25, 0.3) is 5.91 Å². The summed E-state index contributed by atoms with van der Waals surface area (Å²) in [6.07, 6.45) is 1.22. The molecule has 2 aromatic heterocycles. The minimum Gasteiger partial charge on any atom is -0.479 e. The number of amides is 1. The van der Waals surface area contributed by atoms with Gasteiger partial charge in [-0.05, 0) is 55.0 Å². The van der Waals surface area contributed by atoms with Crippen molar-refractivity contribution in [1.29, 1.82) is 0 Å². The molecule has 2 aromatic carbocycles. The SMILES string of the molecule is CC1Oc2ccc(-c3csc(-c4ccccn4)n3)cc2N(Cc2ccc(Cl)cc2)C1=O. The molecule has 7 heteroatoms. The summed E-state index contributed by atoms with van der Waals surface area (Å²) in [7, 11) is 0. The van der Waals surface area contributed by atoms with E-state index in [-0.39, 0.29) is 5.91 Å². The average molecular weight is 448 g/mol. The molecule has 1 amide bonds. The first-order valence-electron chi connectivity index (χ1n) is 9.82. The predicted octanol–water partition coefficient (Wildman–Crippen LogP) is 5.84. The third-order valence-electron chi connectivity index (χ3n) is 5.11. The van der Waals surface area contributed by atoms with Crippen molar-refractivity contribution in [3.63, 3.8) is 0 Å². The minimum atomic E-state index is -0.541. The van der Waals surface area contributed by atoms with E-state index >= 15 is 0 Å². The second-order valence-corrected chi connectivity index (χ2v) is 8.54. The van der Waals surface area contributed by atoms with Crippen LogP contribution in [-0.4, -0.2) is 22.0 Å². The predicted molar refractivity (Wildman–Crippen MR) is 124 cm³/mol. The van der Waals surface area contributed by atoms with Gasteiger partial charge in [0, 0.05) is 22.2 Å². The summed E-state index contributed by atoms with van der Waals surface area (Å²) < 4.78 is 5.86. The number of anilines is 1. The molecule has 0 saturated carbocycles. The van der Waals surface area contributed by atoms with E-state index < -0.39 is 6.10 Å². The van der Waals surface area contributed by atoms with E-state index in [1.807, 2.05) is 66.0 Å². The lowest BCUT2D eigenvalue weighted by atomic mass is 10.1. The second-order valence-electron chi connectivity index (χ2n) is 7.25. The van der Waals surface area contributed by atoms with Gasteiger partial charge in [0.05, 0.1) is 23.6 Å². The summed E-state index contributed by atoms with van der Waals surface area (Å²) in [5, 5.41) is 3.52. The van der Waals surface area contributed by atoms with Crippen LogP contribution < -0.4 is 9.64 Å². The van der Waals surface area contributed by atoms with Crippen molar-refractivity contribution in [1.82, 2.24) is 9.97 Å². The van der Waals surface area contributed by atoms with Gasteiger partial charge >= 0.3 is 0 Å². The van der Waals surface area contributed by atoms with Gasteiger partial charge in [-0.25, -0.2) is 4.98 Å². The lowest BCUT2D eigenvalue weighted by Gasteiger charge is -2.33. The molecule has 3 heterocycles. The summed E-state index contributed by atoms with van der Waals surface area (Å²) in [6.45, 7) is 2.21. The first kappa shape index (κ1) is 19.7. The van der Waals surface area contributed by atoms with Gasteiger partial charge in [0.1, 0.15) is 10.8 Å². The Labute approximate surface area is 188 Å². The summed E-state index contributed by atoms with van der Waals surface area (Å²) in [6, 6.07) is 19.1. The highest BCUT2D eigenvalue weighted by Crippen LogP contribution is 2.39. The van der Waals surface area contributed by atoms with Crippen LogP contribution in [0.3, 0.4) is 0 Å². The lowest BCUT2D eigenvalue weighted by molar-refractivity contribution is -0.125. The zero-order chi connectivity index (χ0) is 21.4. The number of aromatic nitrogens is 2. The molecular weight excluding hydrogens is 430 g/mol. The van der Waals surface area contributed by atoms with Crippen LogP contribution in [0, 0.1) is 0 Å². The van der Waals surface area contributed by atoms with Crippen LogP contribution in [0.15, 0.2) is 72.2 Å². The van der Waals surface area contributed by atoms with Crippen LogP contribution in [0.1, 0.15) is 12.5 Å². The maximum Gasteiger partial charge on any atom is 0.268 e. The maximum absolute atomic E-state index is 12.9. The van der Waals surface area contributed by atoms with Gasteiger partial charge in [0.2, 0.25) is 0 Å². The summed E-state index contributed by atoms with van der Waals surface area (Å²) in [4.78, 5) is 23.8. The highest BCUT2D eigenvalue weighted by molar-refractivity contribution is 7.13. The van der Waals surface area contributed by atoms with E-state index in [1.54, 1.807) is 29.4 Å². The molecule has 154 valence electrons. The van der Waals surface area contributed by atoms with Gasteiger partial charge in [-0.2, -0.15) is 0 Å². The van der Waals surface area contributed by atoms with Crippen LogP contribution in [-0.2, 0) is 11.3 Å². The highest BCUT2D eigenvalue weighted by atomic mass is 35.5. The van der Waals surface area contributed by atoms with Crippen LogP contribution in [0.5, 0.6) is 5.75 Å². The Morgan fingerprint density at radius 3 is 2.71 bits per heavy atom. The van der Waals surface area contributed by atoms with Crippen molar-refractivity contribution in [2.75, 3.05) is 4.90 Å². The van der Waals surface area contributed by atoms with E-state index in [4.69, 9.17) is 21.3 Å². The topological polar surface area (TPSA) is 55.3 Å². The monoisotopic (exact) mass is 447 g/mol. The molecule has 1 atom stereocenters. The van der Waals surface area contributed by atoms with E-state index in [0.717, 1.165) is 33.2 Å². The van der Waals surface area contributed by atoms with E-state index in [0.29, 0.717) is 17.3 Å². The average Bonchev–Trinajstić information content (AvgIpc) is 3.29. The van der Waals surface area contributed by atoms with Crippen molar-refractivity contribution in [2.45, 2.75) is 19.6 Å². The van der Waals surface area contributed by atoms with Crippen LogP contribution >= 0.6 is 22.9 Å². The standard InChI is InChI=1S/C24H18ClN3O2S/c1-15-24(29)28(13-16-5-8-18(25)9-6-16)21-12-17(7-10-22(21)30-15)20-14-31-23(27-20)19-4-2-3-11-26-19/h2-12,14-15H,13H2,1H3. The summed E-state index contributed by atoms with van der Waals surface area (Å²) >= 11 is 7.55. The van der Waals surface area contributed by atoms with Crippen LogP contribution in [0.2, 0.25) is 5.02 Å². The highest BCUT2D eigenvalue weighted by Gasteiger charge is 2.32. The summed E-state index contributed by atoms with van der Waals surface area (Å²) in [5.74, 6) is 0.608. The fraction of sp³-hybridized carbons (Fsp3) is 0.125. The number of halogens is 1. The Hall–Kier alpha value is -3.22. The molecule has 31 heavy (non-hydrogen) atoms. The smallest absolute Gasteiger partial charge is 0.268 e. The number of benzene rings is 2. The third-order valence-corrected chi connectivity index (χ3v) is 6.22. The Balaban J connectivity index is 1.51. The van der Waals surface area contributed by atoms with Crippen molar-refractivity contribution in [3.8, 4) is 27.7 Å². The normalized spacial score (nSPS) is 15.5. The fourth-order valence-corrected chi connectivity index (χ4v) is 4.45. The van der Waals surface area contributed by atoms with Crippen LogP contribution in [0.4, 0.5) is 5.69 Å². The molecule has 4 aromatic rings. The van der Waals surface area contributed by atoms with Crippen molar-refractivity contribution in [3.05, 3.63) is 82.8 Å². The largest absolute Gasteiger partial charge is 0.479 e. The van der Waals surface area contributed by atoms with E-state index in [1.165, 1.54) is 0 Å². The quantitative estimate of drug-likeness (QED) is 0.394. The number of carbonyl (C=O) groups is 1. The number of hydrogen-bond donors (Lipinski definition) is 0. The number of rotatable bonds is 4. The molecule has 0 spiro atoms. The Kier molecular flexibility index (Phi) is 5.18. The van der Waals surface area contributed by atoms with Crippen LogP contribution in [0.25, 0.3) is 22.0 Å². The summed E-state index contributed by atoms with van der Waals surface area (Å²) in [5.41, 5.74) is 4.33. The van der Waals surface area contributed by atoms with Crippen molar-refractivity contribution in [2.24, 2.45) is 0 Å². The zero-order valence-electron chi connectivity index (χ0n) is 16.7. The molecule has 0 N–H and O–H groups in total. The molecule has 0 aliphatic carbocycles. The molecule has 1 aliphatic rings. The van der Waals surface area contributed by atoms with Gasteiger partial charge in [0.15, 0.2) is 6.10 Å². The number of ether oxygens (including phenoxy) is 1. The number of carbonyl (C=O) groups excluding carboxylic acids is 1. The van der Waals surface area contributed by atoms with Crippen molar-refractivity contribution < 1.29 is 9.53 Å². The van der Waals surface area contributed by atoms with Gasteiger partial charge in [-0.15, -0.1) is 11.3 Å².